The van der Waals surface area contributed by atoms with Crippen LogP contribution in [0.1, 0.15) is 34.9 Å². The van der Waals surface area contributed by atoms with Gasteiger partial charge in [0.25, 0.3) is 0 Å². The minimum Gasteiger partial charge on any atom is -0.496 e. The standard InChI is InChI=1S/C15H21BrO2/c1-9-5-6-18-15(9)13(16)12-7-10(2)14(17-4)11(3)8-12/h7-9,13,15H,5-6H2,1-4H3. The highest BCUT2D eigenvalue weighted by Crippen LogP contribution is 2.39. The van der Waals surface area contributed by atoms with Crippen molar-refractivity contribution in [1.82, 2.24) is 0 Å². The van der Waals surface area contributed by atoms with Crippen molar-refractivity contribution in [1.29, 1.82) is 0 Å². The Morgan fingerprint density at radius 1 is 1.33 bits per heavy atom. The van der Waals surface area contributed by atoms with E-state index in [9.17, 15) is 0 Å². The van der Waals surface area contributed by atoms with Crippen molar-refractivity contribution in [3.63, 3.8) is 0 Å². The van der Waals surface area contributed by atoms with Crippen LogP contribution in [0.25, 0.3) is 0 Å². The van der Waals surface area contributed by atoms with E-state index in [4.69, 9.17) is 9.47 Å². The molecule has 2 nitrogen and oxygen atoms in total. The summed E-state index contributed by atoms with van der Waals surface area (Å²) in [7, 11) is 1.72. The van der Waals surface area contributed by atoms with Gasteiger partial charge >= 0.3 is 0 Å². The molecule has 2 rings (SSSR count). The highest BCUT2D eigenvalue weighted by atomic mass is 79.9. The van der Waals surface area contributed by atoms with Crippen LogP contribution in [0.2, 0.25) is 0 Å². The van der Waals surface area contributed by atoms with Crippen LogP contribution >= 0.6 is 15.9 Å². The van der Waals surface area contributed by atoms with Gasteiger partial charge in [0.2, 0.25) is 0 Å². The van der Waals surface area contributed by atoms with Gasteiger partial charge in [0, 0.05) is 6.61 Å². The molecular weight excluding hydrogens is 292 g/mol. The highest BCUT2D eigenvalue weighted by molar-refractivity contribution is 9.09. The largest absolute Gasteiger partial charge is 0.496 e. The number of alkyl halides is 1. The number of halogens is 1. The summed E-state index contributed by atoms with van der Waals surface area (Å²) < 4.78 is 11.3. The van der Waals surface area contributed by atoms with Crippen LogP contribution in [0.5, 0.6) is 5.75 Å². The Hall–Kier alpha value is -0.540. The third-order valence-electron chi connectivity index (χ3n) is 3.74. The average molecular weight is 313 g/mol. The SMILES string of the molecule is COc1c(C)cc(C(Br)C2OCCC2C)cc1C. The van der Waals surface area contributed by atoms with Crippen LogP contribution < -0.4 is 4.74 Å². The molecule has 18 heavy (non-hydrogen) atoms. The molecule has 1 aromatic rings. The summed E-state index contributed by atoms with van der Waals surface area (Å²) in [6.07, 6.45) is 1.43. The van der Waals surface area contributed by atoms with Crippen molar-refractivity contribution in [3.8, 4) is 5.75 Å². The molecule has 0 aromatic heterocycles. The summed E-state index contributed by atoms with van der Waals surface area (Å²) in [4.78, 5) is 0.262. The molecule has 1 aromatic carbocycles. The summed E-state index contributed by atoms with van der Waals surface area (Å²) in [6.45, 7) is 7.32. The number of aryl methyl sites for hydroxylation is 2. The lowest BCUT2D eigenvalue weighted by Gasteiger charge is -2.23. The van der Waals surface area contributed by atoms with E-state index < -0.39 is 0 Å². The summed E-state index contributed by atoms with van der Waals surface area (Å²) in [5.74, 6) is 1.59. The maximum atomic E-state index is 5.84. The summed E-state index contributed by atoms with van der Waals surface area (Å²) in [5.41, 5.74) is 3.65. The fourth-order valence-electron chi connectivity index (χ4n) is 2.75. The normalized spacial score (nSPS) is 25.2. The molecule has 0 radical (unpaired) electrons. The molecule has 3 atom stereocenters. The van der Waals surface area contributed by atoms with Crippen molar-refractivity contribution in [3.05, 3.63) is 28.8 Å². The van der Waals surface area contributed by atoms with E-state index in [1.165, 1.54) is 16.7 Å². The van der Waals surface area contributed by atoms with Crippen molar-refractivity contribution in [2.24, 2.45) is 5.92 Å². The number of methoxy groups -OCH3 is 1. The molecule has 0 amide bonds. The topological polar surface area (TPSA) is 18.5 Å². The van der Waals surface area contributed by atoms with Gasteiger partial charge in [-0.05, 0) is 42.9 Å². The van der Waals surface area contributed by atoms with Gasteiger partial charge in [0.05, 0.1) is 18.0 Å². The Morgan fingerprint density at radius 2 is 1.94 bits per heavy atom. The second-order valence-electron chi connectivity index (χ2n) is 5.19. The van der Waals surface area contributed by atoms with E-state index >= 15 is 0 Å². The molecule has 0 saturated carbocycles. The van der Waals surface area contributed by atoms with Gasteiger partial charge in [0.15, 0.2) is 0 Å². The third-order valence-corrected chi connectivity index (χ3v) is 4.79. The zero-order valence-corrected chi connectivity index (χ0v) is 13.1. The number of ether oxygens (including phenoxy) is 2. The van der Waals surface area contributed by atoms with E-state index in [2.05, 4.69) is 48.8 Å². The van der Waals surface area contributed by atoms with Gasteiger partial charge < -0.3 is 9.47 Å². The highest BCUT2D eigenvalue weighted by Gasteiger charge is 2.31. The van der Waals surface area contributed by atoms with Crippen LogP contribution in [-0.2, 0) is 4.74 Å². The van der Waals surface area contributed by atoms with Crippen molar-refractivity contribution >= 4 is 15.9 Å². The van der Waals surface area contributed by atoms with Crippen LogP contribution in [-0.4, -0.2) is 19.8 Å². The zero-order valence-electron chi connectivity index (χ0n) is 11.5. The lowest BCUT2D eigenvalue weighted by Crippen LogP contribution is -2.19. The van der Waals surface area contributed by atoms with E-state index in [-0.39, 0.29) is 10.9 Å². The van der Waals surface area contributed by atoms with E-state index in [1.54, 1.807) is 7.11 Å². The predicted molar refractivity (Wildman–Crippen MR) is 77.7 cm³/mol. The quantitative estimate of drug-likeness (QED) is 0.780. The van der Waals surface area contributed by atoms with Gasteiger partial charge in [-0.3, -0.25) is 0 Å². The zero-order chi connectivity index (χ0) is 13.3. The third kappa shape index (κ3) is 2.57. The van der Waals surface area contributed by atoms with Crippen molar-refractivity contribution in [2.75, 3.05) is 13.7 Å². The van der Waals surface area contributed by atoms with Gasteiger partial charge in [-0.25, -0.2) is 0 Å². The average Bonchev–Trinajstić information content (AvgIpc) is 2.74. The van der Waals surface area contributed by atoms with Crippen LogP contribution in [0, 0.1) is 19.8 Å². The Morgan fingerprint density at radius 3 is 2.39 bits per heavy atom. The molecule has 0 bridgehead atoms. The Labute approximate surface area is 118 Å². The lowest BCUT2D eigenvalue weighted by molar-refractivity contribution is 0.0934. The van der Waals surface area contributed by atoms with Crippen molar-refractivity contribution in [2.45, 2.75) is 38.1 Å². The van der Waals surface area contributed by atoms with E-state index in [0.717, 1.165) is 18.8 Å². The first-order chi connectivity index (χ1) is 8.54. The molecule has 3 unspecified atom stereocenters. The Bertz CT molecular complexity index is 407. The smallest absolute Gasteiger partial charge is 0.124 e. The molecule has 1 heterocycles. The van der Waals surface area contributed by atoms with E-state index in [0.29, 0.717) is 5.92 Å². The van der Waals surface area contributed by atoms with Crippen LogP contribution in [0.15, 0.2) is 12.1 Å². The minimum atomic E-state index is 0.262. The number of rotatable bonds is 3. The van der Waals surface area contributed by atoms with E-state index in [1.807, 2.05) is 0 Å². The molecule has 1 aliphatic heterocycles. The monoisotopic (exact) mass is 312 g/mol. The molecule has 3 heteroatoms. The lowest BCUT2D eigenvalue weighted by atomic mass is 9.95. The molecule has 0 spiro atoms. The molecule has 100 valence electrons. The van der Waals surface area contributed by atoms with Gasteiger partial charge in [0.1, 0.15) is 5.75 Å². The summed E-state index contributed by atoms with van der Waals surface area (Å²) >= 11 is 3.80. The maximum Gasteiger partial charge on any atom is 0.124 e. The van der Waals surface area contributed by atoms with Crippen molar-refractivity contribution < 1.29 is 9.47 Å². The first-order valence-electron chi connectivity index (χ1n) is 6.45. The van der Waals surface area contributed by atoms with Crippen LogP contribution in [0.3, 0.4) is 0 Å². The van der Waals surface area contributed by atoms with Crippen LogP contribution in [0.4, 0.5) is 0 Å². The molecule has 0 N–H and O–H groups in total. The first-order valence-corrected chi connectivity index (χ1v) is 7.37. The maximum absolute atomic E-state index is 5.84. The fourth-order valence-corrected chi connectivity index (χ4v) is 3.68. The summed E-state index contributed by atoms with van der Waals surface area (Å²) in [5, 5.41) is 0. The Kier molecular flexibility index (Phi) is 4.33. The van der Waals surface area contributed by atoms with Gasteiger partial charge in [-0.1, -0.05) is 35.0 Å². The predicted octanol–water partition coefficient (Wildman–Crippen LogP) is 4.17. The Balaban J connectivity index is 2.28. The first kappa shape index (κ1) is 13.9. The summed E-state index contributed by atoms with van der Waals surface area (Å²) in [6, 6.07) is 4.39. The second kappa shape index (κ2) is 5.62. The molecular formula is C15H21BrO2. The minimum absolute atomic E-state index is 0.262. The second-order valence-corrected chi connectivity index (χ2v) is 6.18. The molecule has 1 saturated heterocycles. The number of hydrogen-bond donors (Lipinski definition) is 0. The molecule has 1 fully saturated rings. The fraction of sp³-hybridized carbons (Fsp3) is 0.600. The molecule has 0 aliphatic carbocycles. The number of hydrogen-bond acceptors (Lipinski definition) is 2. The number of benzene rings is 1. The van der Waals surface area contributed by atoms with Gasteiger partial charge in [-0.2, -0.15) is 0 Å². The molecule has 1 aliphatic rings. The van der Waals surface area contributed by atoms with Gasteiger partial charge in [-0.15, -0.1) is 0 Å².